The Morgan fingerprint density at radius 2 is 2.04 bits per heavy atom. The quantitative estimate of drug-likeness (QED) is 0.575. The minimum absolute atomic E-state index is 0.194. The van der Waals surface area contributed by atoms with E-state index >= 15 is 0 Å². The highest BCUT2D eigenvalue weighted by atomic mass is 19.1. The number of pyridine rings is 2. The van der Waals surface area contributed by atoms with Gasteiger partial charge in [0.05, 0.1) is 17.4 Å². The van der Waals surface area contributed by atoms with Gasteiger partial charge in [-0.05, 0) is 38.1 Å². The molecule has 0 amide bonds. The van der Waals surface area contributed by atoms with E-state index in [0.717, 1.165) is 34.8 Å². The molecular weight excluding hydrogens is 319 g/mol. The second-order valence-corrected chi connectivity index (χ2v) is 5.81. The van der Waals surface area contributed by atoms with E-state index < -0.39 is 5.82 Å². The summed E-state index contributed by atoms with van der Waals surface area (Å²) in [6, 6.07) is 6.83. The minimum Gasteiger partial charge on any atom is -0.328 e. The van der Waals surface area contributed by atoms with Crippen LogP contribution in [0.15, 0.2) is 42.9 Å². The van der Waals surface area contributed by atoms with Crippen molar-refractivity contribution in [1.29, 1.82) is 0 Å². The van der Waals surface area contributed by atoms with Crippen LogP contribution < -0.4 is 0 Å². The zero-order valence-electron chi connectivity index (χ0n) is 14.0. The van der Waals surface area contributed by atoms with Gasteiger partial charge in [-0.25, -0.2) is 19.0 Å². The van der Waals surface area contributed by atoms with Crippen molar-refractivity contribution in [2.45, 2.75) is 26.8 Å². The third kappa shape index (κ3) is 2.67. The number of halogens is 1. The van der Waals surface area contributed by atoms with E-state index in [0.29, 0.717) is 6.42 Å². The molecule has 0 aliphatic carbocycles. The summed E-state index contributed by atoms with van der Waals surface area (Å²) in [4.78, 5) is 13.1. The average molecular weight is 336 g/mol. The van der Waals surface area contributed by atoms with Gasteiger partial charge >= 0.3 is 0 Å². The van der Waals surface area contributed by atoms with Crippen molar-refractivity contribution < 1.29 is 4.39 Å². The summed E-state index contributed by atoms with van der Waals surface area (Å²) in [5, 5.41) is 4.23. The Bertz CT molecular complexity index is 1050. The van der Waals surface area contributed by atoms with Crippen molar-refractivity contribution in [2.75, 3.05) is 0 Å². The summed E-state index contributed by atoms with van der Waals surface area (Å²) in [7, 11) is 0. The molecule has 0 aliphatic heterocycles. The van der Waals surface area contributed by atoms with Crippen LogP contribution in [-0.4, -0.2) is 29.3 Å². The van der Waals surface area contributed by atoms with Gasteiger partial charge < -0.3 is 4.57 Å². The van der Waals surface area contributed by atoms with Crippen LogP contribution in [0.5, 0.6) is 0 Å². The van der Waals surface area contributed by atoms with Gasteiger partial charge in [-0.1, -0.05) is 0 Å². The molecule has 0 saturated heterocycles. The maximum Gasteiger partial charge on any atom is 0.189 e. The van der Waals surface area contributed by atoms with E-state index in [-0.39, 0.29) is 5.82 Å². The Hall–Kier alpha value is -3.09. The third-order valence-corrected chi connectivity index (χ3v) is 4.17. The molecule has 0 bridgehead atoms. The highest BCUT2D eigenvalue weighted by Crippen LogP contribution is 2.20. The van der Waals surface area contributed by atoms with Crippen LogP contribution in [0, 0.1) is 12.7 Å². The zero-order chi connectivity index (χ0) is 17.4. The molecule has 4 heterocycles. The topological polar surface area (TPSA) is 61.4 Å². The molecule has 7 heteroatoms. The first-order chi connectivity index (χ1) is 12.2. The van der Waals surface area contributed by atoms with Gasteiger partial charge in [0.25, 0.3) is 0 Å². The predicted molar refractivity (Wildman–Crippen MR) is 92.1 cm³/mol. The fourth-order valence-electron chi connectivity index (χ4n) is 3.02. The Morgan fingerprint density at radius 3 is 2.84 bits per heavy atom. The first kappa shape index (κ1) is 15.4. The second kappa shape index (κ2) is 6.08. The van der Waals surface area contributed by atoms with Crippen LogP contribution in [0.25, 0.3) is 16.9 Å². The largest absolute Gasteiger partial charge is 0.328 e. The molecule has 0 aromatic carbocycles. The molecule has 0 unspecified atom stereocenters. The molecule has 6 nitrogen and oxygen atoms in total. The van der Waals surface area contributed by atoms with Crippen molar-refractivity contribution in [3.8, 4) is 5.82 Å². The van der Waals surface area contributed by atoms with Gasteiger partial charge in [-0.15, -0.1) is 0 Å². The fourth-order valence-corrected chi connectivity index (χ4v) is 3.02. The van der Waals surface area contributed by atoms with Crippen molar-refractivity contribution in [3.05, 3.63) is 65.9 Å². The lowest BCUT2D eigenvalue weighted by molar-refractivity contribution is 0.595. The van der Waals surface area contributed by atoms with E-state index in [1.54, 1.807) is 24.7 Å². The van der Waals surface area contributed by atoms with Gasteiger partial charge in [0.2, 0.25) is 0 Å². The van der Waals surface area contributed by atoms with E-state index in [9.17, 15) is 4.39 Å². The summed E-state index contributed by atoms with van der Waals surface area (Å²) in [5.41, 5.74) is 3.69. The van der Waals surface area contributed by atoms with Crippen LogP contribution in [0.4, 0.5) is 4.39 Å². The van der Waals surface area contributed by atoms with Crippen LogP contribution in [0.1, 0.15) is 24.1 Å². The lowest BCUT2D eigenvalue weighted by atomic mass is 10.3. The molecule has 0 N–H and O–H groups in total. The minimum atomic E-state index is -0.406. The molecular formula is C18H17FN6. The van der Waals surface area contributed by atoms with E-state index in [1.807, 2.05) is 19.1 Å². The highest BCUT2D eigenvalue weighted by Gasteiger charge is 2.15. The Kier molecular flexibility index (Phi) is 3.76. The normalized spacial score (nSPS) is 11.3. The first-order valence-corrected chi connectivity index (χ1v) is 8.13. The molecule has 0 atom stereocenters. The lowest BCUT2D eigenvalue weighted by Crippen LogP contribution is -2.10. The molecule has 0 saturated carbocycles. The van der Waals surface area contributed by atoms with Gasteiger partial charge in [0.15, 0.2) is 11.6 Å². The van der Waals surface area contributed by atoms with Crippen molar-refractivity contribution in [2.24, 2.45) is 0 Å². The number of imidazole rings is 1. The summed E-state index contributed by atoms with van der Waals surface area (Å²) in [5.74, 6) is 0.679. The van der Waals surface area contributed by atoms with Crippen LogP contribution >= 0.6 is 0 Å². The number of rotatable bonds is 4. The van der Waals surface area contributed by atoms with E-state index in [1.165, 1.54) is 10.7 Å². The number of fused-ring (bicyclic) bond motifs is 1. The number of nitrogens with zero attached hydrogens (tertiary/aromatic N) is 6. The Balaban J connectivity index is 1.79. The summed E-state index contributed by atoms with van der Waals surface area (Å²) < 4.78 is 17.8. The van der Waals surface area contributed by atoms with Gasteiger partial charge in [-0.3, -0.25) is 4.98 Å². The van der Waals surface area contributed by atoms with Gasteiger partial charge in [0.1, 0.15) is 11.3 Å². The molecule has 0 aliphatic rings. The lowest BCUT2D eigenvalue weighted by Gasteiger charge is -2.09. The van der Waals surface area contributed by atoms with E-state index in [2.05, 4.69) is 26.6 Å². The standard InChI is InChI=1S/C18H17FN6/c1-3-24-16-9-12(2)21-11-15(16)23-17(24)10-13-6-8-22-25(13)18-14(19)5-4-7-20-18/h4-9,11H,3,10H2,1-2H3. The monoisotopic (exact) mass is 336 g/mol. The predicted octanol–water partition coefficient (Wildman–Crippen LogP) is 3.07. The fraction of sp³-hybridized carbons (Fsp3) is 0.222. The van der Waals surface area contributed by atoms with Crippen LogP contribution in [0.2, 0.25) is 0 Å². The third-order valence-electron chi connectivity index (χ3n) is 4.17. The zero-order valence-corrected chi connectivity index (χ0v) is 14.0. The highest BCUT2D eigenvalue weighted by molar-refractivity contribution is 5.75. The molecule has 4 rings (SSSR count). The Morgan fingerprint density at radius 1 is 1.16 bits per heavy atom. The summed E-state index contributed by atoms with van der Waals surface area (Å²) >= 11 is 0. The second-order valence-electron chi connectivity index (χ2n) is 5.81. The number of aryl methyl sites for hydroxylation is 2. The van der Waals surface area contributed by atoms with E-state index in [4.69, 9.17) is 4.98 Å². The van der Waals surface area contributed by atoms with Crippen molar-refractivity contribution >= 4 is 11.0 Å². The number of hydrogen-bond donors (Lipinski definition) is 0. The van der Waals surface area contributed by atoms with Crippen LogP contribution in [-0.2, 0) is 13.0 Å². The summed E-state index contributed by atoms with van der Waals surface area (Å²) in [6.45, 7) is 4.84. The number of aromatic nitrogens is 6. The number of hydrogen-bond acceptors (Lipinski definition) is 4. The summed E-state index contributed by atoms with van der Waals surface area (Å²) in [6.07, 6.45) is 5.52. The Labute approximate surface area is 144 Å². The van der Waals surface area contributed by atoms with Crippen molar-refractivity contribution in [3.63, 3.8) is 0 Å². The molecule has 4 aromatic rings. The van der Waals surface area contributed by atoms with Crippen molar-refractivity contribution in [1.82, 2.24) is 29.3 Å². The maximum atomic E-state index is 14.1. The molecule has 25 heavy (non-hydrogen) atoms. The van der Waals surface area contributed by atoms with Gasteiger partial charge in [0, 0.05) is 31.1 Å². The molecule has 4 aromatic heterocycles. The molecule has 0 spiro atoms. The van der Waals surface area contributed by atoms with Crippen LogP contribution in [0.3, 0.4) is 0 Å². The first-order valence-electron chi connectivity index (χ1n) is 8.13. The average Bonchev–Trinajstić information content (AvgIpc) is 3.19. The molecule has 0 fully saturated rings. The molecule has 0 radical (unpaired) electrons. The SMILES string of the molecule is CCn1c(Cc2ccnn2-c2ncccc2F)nc2cnc(C)cc21. The molecule has 126 valence electrons. The van der Waals surface area contributed by atoms with Gasteiger partial charge in [-0.2, -0.15) is 5.10 Å². The maximum absolute atomic E-state index is 14.1. The smallest absolute Gasteiger partial charge is 0.189 e.